The molecule has 0 N–H and O–H groups in total. The Balaban J connectivity index is 1.25. The second-order valence-corrected chi connectivity index (χ2v) is 11.5. The van der Waals surface area contributed by atoms with Gasteiger partial charge in [-0.2, -0.15) is 0 Å². The van der Waals surface area contributed by atoms with Gasteiger partial charge >= 0.3 is 0 Å². The molecule has 0 bridgehead atoms. The number of rotatable bonds is 6. The lowest BCUT2D eigenvalue weighted by molar-refractivity contribution is 0.481. The predicted molar refractivity (Wildman–Crippen MR) is 183 cm³/mol. The highest BCUT2D eigenvalue weighted by Gasteiger charge is 2.26. The maximum absolute atomic E-state index is 2.53. The van der Waals surface area contributed by atoms with E-state index in [1.165, 1.54) is 55.0 Å². The number of para-hydroxylation sites is 5. The fourth-order valence-corrected chi connectivity index (χ4v) is 6.99. The molecule has 3 nitrogen and oxygen atoms in total. The van der Waals surface area contributed by atoms with E-state index in [2.05, 4.69) is 180 Å². The van der Waals surface area contributed by atoms with Crippen molar-refractivity contribution in [1.82, 2.24) is 9.13 Å². The van der Waals surface area contributed by atoms with Crippen LogP contribution in [-0.2, 0) is 0 Å². The molecule has 208 valence electrons. The van der Waals surface area contributed by atoms with E-state index < -0.39 is 0 Å². The molecule has 43 heavy (non-hydrogen) atoms. The van der Waals surface area contributed by atoms with Gasteiger partial charge in [-0.25, -0.2) is 0 Å². The summed E-state index contributed by atoms with van der Waals surface area (Å²) in [5, 5.41) is 5.17. The Bertz CT molecular complexity index is 2110. The van der Waals surface area contributed by atoms with Gasteiger partial charge in [-0.3, -0.25) is 0 Å². The van der Waals surface area contributed by atoms with Crippen LogP contribution in [0.25, 0.3) is 49.3 Å². The van der Waals surface area contributed by atoms with Gasteiger partial charge in [-0.1, -0.05) is 91.0 Å². The summed E-state index contributed by atoms with van der Waals surface area (Å²) in [6, 6.07) is 55.2. The minimum atomic E-state index is 0.167. The summed E-state index contributed by atoms with van der Waals surface area (Å²) in [6.07, 6.45) is 0. The molecule has 0 radical (unpaired) electrons. The van der Waals surface area contributed by atoms with Crippen molar-refractivity contribution in [2.24, 2.45) is 0 Å². The summed E-state index contributed by atoms with van der Waals surface area (Å²) < 4.78 is 4.91. The lowest BCUT2D eigenvalue weighted by Gasteiger charge is -2.36. The Labute approximate surface area is 251 Å². The third-order valence-electron chi connectivity index (χ3n) is 9.13. The van der Waals surface area contributed by atoms with Crippen LogP contribution in [0.15, 0.2) is 152 Å². The lowest BCUT2D eigenvalue weighted by atomic mass is 10.1. The molecule has 2 atom stereocenters. The van der Waals surface area contributed by atoms with E-state index in [1.54, 1.807) is 0 Å². The minimum absolute atomic E-state index is 0.167. The molecule has 8 rings (SSSR count). The van der Waals surface area contributed by atoms with Gasteiger partial charge in [0.1, 0.15) is 0 Å². The highest BCUT2D eigenvalue weighted by atomic mass is 15.2. The second-order valence-electron chi connectivity index (χ2n) is 11.5. The number of benzene rings is 6. The molecule has 0 fully saturated rings. The third kappa shape index (κ3) is 4.04. The van der Waals surface area contributed by atoms with Gasteiger partial charge in [0.25, 0.3) is 0 Å². The van der Waals surface area contributed by atoms with Crippen LogP contribution in [0.4, 0.5) is 11.4 Å². The molecule has 0 spiro atoms. The maximum Gasteiger partial charge on any atom is 0.0541 e. The van der Waals surface area contributed by atoms with Gasteiger partial charge in [-0.05, 0) is 74.5 Å². The summed E-state index contributed by atoms with van der Waals surface area (Å²) in [4.78, 5) is 2.49. The first-order valence-electron chi connectivity index (χ1n) is 15.1. The van der Waals surface area contributed by atoms with Gasteiger partial charge in [0.05, 0.1) is 23.1 Å². The molecule has 6 aromatic carbocycles. The Kier molecular flexibility index (Phi) is 6.04. The van der Waals surface area contributed by atoms with Gasteiger partial charge in [-0.15, -0.1) is 0 Å². The highest BCUT2D eigenvalue weighted by Crippen LogP contribution is 2.38. The molecule has 1 unspecified atom stereocenters. The molecule has 8 aromatic rings. The van der Waals surface area contributed by atoms with Gasteiger partial charge < -0.3 is 14.0 Å². The van der Waals surface area contributed by atoms with Crippen molar-refractivity contribution in [3.05, 3.63) is 152 Å². The molecular formula is C40H33N3. The maximum atomic E-state index is 2.53. The van der Waals surface area contributed by atoms with Crippen molar-refractivity contribution in [2.75, 3.05) is 4.90 Å². The van der Waals surface area contributed by atoms with Crippen LogP contribution in [-0.4, -0.2) is 15.2 Å². The van der Waals surface area contributed by atoms with Crippen molar-refractivity contribution < 1.29 is 0 Å². The molecule has 2 aromatic heterocycles. The molecule has 0 aliphatic rings. The Morgan fingerprint density at radius 2 is 0.814 bits per heavy atom. The van der Waals surface area contributed by atoms with Gasteiger partial charge in [0.15, 0.2) is 0 Å². The quantitative estimate of drug-likeness (QED) is 0.199. The lowest BCUT2D eigenvalue weighted by Crippen LogP contribution is -2.35. The van der Waals surface area contributed by atoms with Crippen LogP contribution in [0.5, 0.6) is 0 Å². The highest BCUT2D eigenvalue weighted by molar-refractivity contribution is 6.09. The molecule has 0 saturated heterocycles. The van der Waals surface area contributed by atoms with Crippen molar-refractivity contribution in [3.8, 4) is 5.69 Å². The Hall–Kier alpha value is -5.28. The standard InChI is InChI=1S/C40H33N3/c1-28(29(2)42-37-20-10-6-16-33(37)34-17-7-11-21-38(34)42)41(30-14-4-3-5-15-30)31-24-26-32(27-25-31)43-39-22-12-8-18-35(39)36-19-9-13-23-40(36)43/h3-29H,1-2H3/t28?,29-/m0/s1. The summed E-state index contributed by atoms with van der Waals surface area (Å²) in [7, 11) is 0. The van der Waals surface area contributed by atoms with E-state index in [-0.39, 0.29) is 12.1 Å². The van der Waals surface area contributed by atoms with Gasteiger partial charge in [0, 0.05) is 49.6 Å². The molecular weight excluding hydrogens is 522 g/mol. The third-order valence-corrected chi connectivity index (χ3v) is 9.13. The predicted octanol–water partition coefficient (Wildman–Crippen LogP) is 10.7. The van der Waals surface area contributed by atoms with E-state index in [9.17, 15) is 0 Å². The summed E-state index contributed by atoms with van der Waals surface area (Å²) in [5.74, 6) is 0. The van der Waals surface area contributed by atoms with E-state index in [1.807, 2.05) is 0 Å². The SMILES string of the molecule is CC([C@H](C)n1c2ccccc2c2ccccc21)N(c1ccccc1)c1ccc(-n2c3ccccc3c3ccccc32)cc1. The fourth-order valence-electron chi connectivity index (χ4n) is 6.99. The monoisotopic (exact) mass is 555 g/mol. The average Bonchev–Trinajstić information content (AvgIpc) is 3.59. The normalized spacial score (nSPS) is 13.2. The first-order chi connectivity index (χ1) is 21.2. The average molecular weight is 556 g/mol. The molecule has 0 aliphatic carbocycles. The van der Waals surface area contributed by atoms with Crippen LogP contribution in [0.2, 0.25) is 0 Å². The molecule has 0 saturated carbocycles. The molecule has 0 amide bonds. The van der Waals surface area contributed by atoms with Crippen LogP contribution in [0, 0.1) is 0 Å². The Morgan fingerprint density at radius 3 is 1.33 bits per heavy atom. The number of aromatic nitrogens is 2. The summed E-state index contributed by atoms with van der Waals surface area (Å²) in [5.41, 5.74) is 8.53. The van der Waals surface area contributed by atoms with E-state index >= 15 is 0 Å². The van der Waals surface area contributed by atoms with E-state index in [0.29, 0.717) is 0 Å². The number of anilines is 2. The van der Waals surface area contributed by atoms with Crippen molar-refractivity contribution in [3.63, 3.8) is 0 Å². The van der Waals surface area contributed by atoms with Crippen LogP contribution < -0.4 is 4.90 Å². The number of hydrogen-bond donors (Lipinski definition) is 0. The van der Waals surface area contributed by atoms with Gasteiger partial charge in [0.2, 0.25) is 0 Å². The topological polar surface area (TPSA) is 13.1 Å². The molecule has 2 heterocycles. The Morgan fingerprint density at radius 1 is 0.419 bits per heavy atom. The molecule has 3 heteroatoms. The van der Waals surface area contributed by atoms with Crippen LogP contribution in [0.1, 0.15) is 19.9 Å². The first-order valence-corrected chi connectivity index (χ1v) is 15.1. The van der Waals surface area contributed by atoms with Crippen molar-refractivity contribution in [2.45, 2.75) is 25.9 Å². The zero-order valence-electron chi connectivity index (χ0n) is 24.4. The van der Waals surface area contributed by atoms with Crippen LogP contribution in [0.3, 0.4) is 0 Å². The van der Waals surface area contributed by atoms with E-state index in [4.69, 9.17) is 0 Å². The van der Waals surface area contributed by atoms with Crippen molar-refractivity contribution in [1.29, 1.82) is 0 Å². The number of nitrogens with zero attached hydrogens (tertiary/aromatic N) is 3. The number of fused-ring (bicyclic) bond motifs is 6. The largest absolute Gasteiger partial charge is 0.337 e. The number of hydrogen-bond acceptors (Lipinski definition) is 1. The second kappa shape index (κ2) is 10.2. The van der Waals surface area contributed by atoms with E-state index in [0.717, 1.165) is 5.69 Å². The zero-order chi connectivity index (χ0) is 28.9. The minimum Gasteiger partial charge on any atom is -0.337 e. The van der Waals surface area contributed by atoms with Crippen molar-refractivity contribution >= 4 is 55.0 Å². The summed E-state index contributed by atoms with van der Waals surface area (Å²) >= 11 is 0. The smallest absolute Gasteiger partial charge is 0.0541 e. The zero-order valence-corrected chi connectivity index (χ0v) is 24.4. The van der Waals surface area contributed by atoms with Crippen LogP contribution >= 0.6 is 0 Å². The first kappa shape index (κ1) is 25.4. The molecule has 0 aliphatic heterocycles. The summed E-state index contributed by atoms with van der Waals surface area (Å²) in [6.45, 7) is 4.70. The fraction of sp³-hybridized carbons (Fsp3) is 0.100.